The van der Waals surface area contributed by atoms with Crippen LogP contribution in [-0.4, -0.2) is 11.3 Å². The van der Waals surface area contributed by atoms with Crippen molar-refractivity contribution in [2.75, 3.05) is 0 Å². The molecule has 0 radical (unpaired) electrons. The van der Waals surface area contributed by atoms with Gasteiger partial charge >= 0.3 is 6.18 Å². The second-order valence-corrected chi connectivity index (χ2v) is 4.81. The molecule has 1 nitrogen and oxygen atoms in total. The lowest BCUT2D eigenvalue weighted by Gasteiger charge is -2.25. The highest BCUT2D eigenvalue weighted by atomic mass is 19.4. The minimum Gasteiger partial charge on any atom is -0.385 e. The first kappa shape index (κ1) is 12.4. The molecule has 0 bridgehead atoms. The summed E-state index contributed by atoms with van der Waals surface area (Å²) in [6.07, 6.45) is -4.34. The van der Waals surface area contributed by atoms with E-state index >= 15 is 0 Å². The van der Waals surface area contributed by atoms with E-state index in [0.29, 0.717) is 18.4 Å². The second kappa shape index (κ2) is 4.02. The van der Waals surface area contributed by atoms with Gasteiger partial charge in [-0.15, -0.1) is 0 Å². The van der Waals surface area contributed by atoms with E-state index < -0.39 is 18.2 Å². The molecule has 0 heterocycles. The van der Waals surface area contributed by atoms with Gasteiger partial charge in [0, 0.05) is 6.42 Å². The average Bonchev–Trinajstić information content (AvgIpc) is 2.54. The third-order valence-electron chi connectivity index (χ3n) is 3.40. The van der Waals surface area contributed by atoms with Crippen LogP contribution < -0.4 is 0 Å². The summed E-state index contributed by atoms with van der Waals surface area (Å²) in [6, 6.07) is 5.63. The molecule has 17 heavy (non-hydrogen) atoms. The maximum atomic E-state index is 12.2. The Balaban J connectivity index is 2.22. The van der Waals surface area contributed by atoms with Crippen molar-refractivity contribution in [3.63, 3.8) is 0 Å². The van der Waals surface area contributed by atoms with Crippen LogP contribution in [0.3, 0.4) is 0 Å². The summed E-state index contributed by atoms with van der Waals surface area (Å²) in [6.45, 7) is 1.88. The number of aliphatic hydroxyl groups is 1. The third kappa shape index (κ3) is 2.63. The van der Waals surface area contributed by atoms with Gasteiger partial charge in [-0.05, 0) is 37.3 Å². The molecule has 2 rings (SSSR count). The quantitative estimate of drug-likeness (QED) is 0.844. The fourth-order valence-electron chi connectivity index (χ4n) is 2.43. The minimum absolute atomic E-state index is 0.243. The average molecular weight is 244 g/mol. The molecular weight excluding hydrogens is 229 g/mol. The number of hydrogen-bond acceptors (Lipinski definition) is 1. The summed E-state index contributed by atoms with van der Waals surface area (Å²) < 4.78 is 36.7. The molecule has 1 unspecified atom stereocenters. The zero-order valence-electron chi connectivity index (χ0n) is 9.64. The van der Waals surface area contributed by atoms with Gasteiger partial charge in [-0.3, -0.25) is 0 Å². The van der Waals surface area contributed by atoms with Crippen LogP contribution in [0.25, 0.3) is 0 Å². The van der Waals surface area contributed by atoms with Gasteiger partial charge in [0.1, 0.15) is 0 Å². The number of rotatable bonds is 2. The highest BCUT2D eigenvalue weighted by Gasteiger charge is 2.40. The zero-order chi connectivity index (χ0) is 12.7. The maximum Gasteiger partial charge on any atom is 0.389 e. The van der Waals surface area contributed by atoms with E-state index in [0.717, 1.165) is 11.1 Å². The number of aryl methyl sites for hydroxylation is 2. The van der Waals surface area contributed by atoms with Crippen molar-refractivity contribution in [1.29, 1.82) is 0 Å². The molecule has 0 aliphatic heterocycles. The van der Waals surface area contributed by atoms with Crippen molar-refractivity contribution >= 4 is 0 Å². The van der Waals surface area contributed by atoms with Crippen molar-refractivity contribution in [1.82, 2.24) is 0 Å². The van der Waals surface area contributed by atoms with E-state index in [1.807, 2.05) is 19.1 Å². The molecule has 1 aromatic carbocycles. The van der Waals surface area contributed by atoms with Crippen molar-refractivity contribution in [3.05, 3.63) is 34.9 Å². The third-order valence-corrected chi connectivity index (χ3v) is 3.40. The predicted molar refractivity (Wildman–Crippen MR) is 58.7 cm³/mol. The number of fused-ring (bicyclic) bond motifs is 1. The lowest BCUT2D eigenvalue weighted by molar-refractivity contribution is -0.147. The highest BCUT2D eigenvalue weighted by Crippen LogP contribution is 2.42. The summed E-state index contributed by atoms with van der Waals surface area (Å²) >= 11 is 0. The summed E-state index contributed by atoms with van der Waals surface area (Å²) in [5.41, 5.74) is 1.33. The van der Waals surface area contributed by atoms with Crippen LogP contribution in [-0.2, 0) is 12.0 Å². The molecule has 1 aromatic rings. The maximum absolute atomic E-state index is 12.2. The Kier molecular flexibility index (Phi) is 2.94. The van der Waals surface area contributed by atoms with E-state index in [4.69, 9.17) is 0 Å². The first-order valence-electron chi connectivity index (χ1n) is 5.69. The molecule has 0 fully saturated rings. The SMILES string of the molecule is Cc1ccc2c(c1)C(O)(CCC(F)(F)F)CC2. The molecule has 0 aromatic heterocycles. The molecule has 0 amide bonds. The molecule has 1 N–H and O–H groups in total. The molecule has 1 aliphatic rings. The summed E-state index contributed by atoms with van der Waals surface area (Å²) in [7, 11) is 0. The number of halogens is 3. The van der Waals surface area contributed by atoms with E-state index in [-0.39, 0.29) is 6.42 Å². The topological polar surface area (TPSA) is 20.2 Å². The van der Waals surface area contributed by atoms with Gasteiger partial charge in [-0.2, -0.15) is 13.2 Å². The number of benzene rings is 1. The second-order valence-electron chi connectivity index (χ2n) is 4.81. The van der Waals surface area contributed by atoms with E-state index in [1.165, 1.54) is 0 Å². The summed E-state index contributed by atoms with van der Waals surface area (Å²) in [5, 5.41) is 10.3. The van der Waals surface area contributed by atoms with Crippen LogP contribution in [0.5, 0.6) is 0 Å². The van der Waals surface area contributed by atoms with Crippen molar-refractivity contribution in [2.45, 2.75) is 44.4 Å². The fourth-order valence-corrected chi connectivity index (χ4v) is 2.43. The van der Waals surface area contributed by atoms with Crippen LogP contribution in [0, 0.1) is 6.92 Å². The Morgan fingerprint density at radius 3 is 2.71 bits per heavy atom. The molecule has 0 spiro atoms. The fraction of sp³-hybridized carbons (Fsp3) is 0.538. The first-order valence-corrected chi connectivity index (χ1v) is 5.69. The number of hydrogen-bond donors (Lipinski definition) is 1. The van der Waals surface area contributed by atoms with Crippen molar-refractivity contribution in [2.24, 2.45) is 0 Å². The minimum atomic E-state index is -4.21. The summed E-state index contributed by atoms with van der Waals surface area (Å²) in [4.78, 5) is 0. The van der Waals surface area contributed by atoms with Crippen LogP contribution in [0.15, 0.2) is 18.2 Å². The van der Waals surface area contributed by atoms with Gasteiger partial charge in [-0.25, -0.2) is 0 Å². The molecular formula is C13H15F3O. The molecule has 1 atom stereocenters. The molecule has 0 saturated carbocycles. The van der Waals surface area contributed by atoms with Crippen LogP contribution >= 0.6 is 0 Å². The highest BCUT2D eigenvalue weighted by molar-refractivity contribution is 5.39. The van der Waals surface area contributed by atoms with Gasteiger partial charge in [0.05, 0.1) is 5.60 Å². The van der Waals surface area contributed by atoms with Gasteiger partial charge in [0.2, 0.25) is 0 Å². The zero-order valence-corrected chi connectivity index (χ0v) is 9.64. The Hall–Kier alpha value is -1.03. The predicted octanol–water partition coefficient (Wildman–Crippen LogP) is 3.47. The Morgan fingerprint density at radius 2 is 2.06 bits per heavy atom. The van der Waals surface area contributed by atoms with Crippen LogP contribution in [0.1, 0.15) is 36.0 Å². The van der Waals surface area contributed by atoms with E-state index in [1.54, 1.807) is 6.07 Å². The van der Waals surface area contributed by atoms with E-state index in [2.05, 4.69) is 0 Å². The van der Waals surface area contributed by atoms with Gasteiger partial charge in [-0.1, -0.05) is 23.8 Å². The smallest absolute Gasteiger partial charge is 0.385 e. The standard InChI is InChI=1S/C13H15F3O/c1-9-2-3-10-4-5-12(17,11(10)8-9)6-7-13(14,15)16/h2-3,8,17H,4-7H2,1H3. The van der Waals surface area contributed by atoms with E-state index in [9.17, 15) is 18.3 Å². The monoisotopic (exact) mass is 244 g/mol. The summed E-state index contributed by atoms with van der Waals surface area (Å²) in [5.74, 6) is 0. The first-order chi connectivity index (χ1) is 7.80. The van der Waals surface area contributed by atoms with Gasteiger partial charge < -0.3 is 5.11 Å². The van der Waals surface area contributed by atoms with Crippen LogP contribution in [0.2, 0.25) is 0 Å². The molecule has 4 heteroatoms. The lowest BCUT2D eigenvalue weighted by atomic mass is 9.90. The lowest BCUT2D eigenvalue weighted by Crippen LogP contribution is -2.25. The van der Waals surface area contributed by atoms with Gasteiger partial charge in [0.25, 0.3) is 0 Å². The van der Waals surface area contributed by atoms with Crippen molar-refractivity contribution in [3.8, 4) is 0 Å². The Labute approximate surface area is 98.3 Å². The molecule has 0 saturated heterocycles. The molecule has 1 aliphatic carbocycles. The van der Waals surface area contributed by atoms with Crippen LogP contribution in [0.4, 0.5) is 13.2 Å². The number of alkyl halides is 3. The Morgan fingerprint density at radius 1 is 1.35 bits per heavy atom. The largest absolute Gasteiger partial charge is 0.389 e. The normalized spacial score (nSPS) is 23.8. The Bertz CT molecular complexity index is 425. The van der Waals surface area contributed by atoms with Crippen molar-refractivity contribution < 1.29 is 18.3 Å². The van der Waals surface area contributed by atoms with Gasteiger partial charge in [0.15, 0.2) is 0 Å². The molecule has 94 valence electrons.